The second-order valence-electron chi connectivity index (χ2n) is 5.79. The van der Waals surface area contributed by atoms with Gasteiger partial charge in [0.1, 0.15) is 17.0 Å². The Labute approximate surface area is 132 Å². The highest BCUT2D eigenvalue weighted by Crippen LogP contribution is 2.36. The van der Waals surface area contributed by atoms with E-state index >= 15 is 0 Å². The van der Waals surface area contributed by atoms with Gasteiger partial charge in [0.2, 0.25) is 5.91 Å². The van der Waals surface area contributed by atoms with Gasteiger partial charge in [-0.05, 0) is 54.9 Å². The molecule has 0 unspecified atom stereocenters. The molecule has 0 atom stereocenters. The average Bonchev–Trinajstić information content (AvgIpc) is 2.66. The molecule has 0 radical (unpaired) electrons. The van der Waals surface area contributed by atoms with Gasteiger partial charge in [0.05, 0.1) is 4.47 Å². The number of amides is 1. The minimum atomic E-state index is -0.481. The molecule has 2 aromatic rings. The standard InChI is InChI=1S/C15H18BrN3O2/c1-15(2,3)21-12-6-5-9(14(17)20)7-10(12)13-11(16)8-19(4)18-13/h5-8H,1-4H3,(H2,17,20). The number of nitrogens with zero attached hydrogens (tertiary/aromatic N) is 2. The third-order valence-corrected chi connectivity index (χ3v) is 3.30. The van der Waals surface area contributed by atoms with Gasteiger partial charge in [-0.1, -0.05) is 0 Å². The van der Waals surface area contributed by atoms with Crippen LogP contribution < -0.4 is 10.5 Å². The molecule has 1 aromatic carbocycles. The van der Waals surface area contributed by atoms with Crippen molar-refractivity contribution in [3.8, 4) is 17.0 Å². The Kier molecular flexibility index (Phi) is 4.09. The van der Waals surface area contributed by atoms with Crippen molar-refractivity contribution in [3.63, 3.8) is 0 Å². The summed E-state index contributed by atoms with van der Waals surface area (Å²) < 4.78 is 8.48. The molecular formula is C15H18BrN3O2. The van der Waals surface area contributed by atoms with Crippen molar-refractivity contribution < 1.29 is 9.53 Å². The molecule has 0 spiro atoms. The largest absolute Gasteiger partial charge is 0.487 e. The van der Waals surface area contributed by atoms with Crippen molar-refractivity contribution in [1.29, 1.82) is 0 Å². The van der Waals surface area contributed by atoms with Crippen LogP contribution in [0, 0.1) is 0 Å². The summed E-state index contributed by atoms with van der Waals surface area (Å²) in [6.07, 6.45) is 1.84. The van der Waals surface area contributed by atoms with Crippen LogP contribution in [0.25, 0.3) is 11.3 Å². The van der Waals surface area contributed by atoms with E-state index < -0.39 is 5.91 Å². The van der Waals surface area contributed by atoms with Crippen molar-refractivity contribution in [3.05, 3.63) is 34.4 Å². The fourth-order valence-electron chi connectivity index (χ4n) is 1.93. The van der Waals surface area contributed by atoms with E-state index in [9.17, 15) is 4.79 Å². The minimum absolute atomic E-state index is 0.357. The molecule has 1 heterocycles. The van der Waals surface area contributed by atoms with E-state index in [4.69, 9.17) is 10.5 Å². The number of hydrogen-bond acceptors (Lipinski definition) is 3. The number of ether oxygens (including phenoxy) is 1. The summed E-state index contributed by atoms with van der Waals surface area (Å²) in [5.41, 5.74) is 6.87. The predicted octanol–water partition coefficient (Wildman–Crippen LogP) is 3.13. The summed E-state index contributed by atoms with van der Waals surface area (Å²) in [5, 5.41) is 4.41. The SMILES string of the molecule is Cn1cc(Br)c(-c2cc(C(N)=O)ccc2OC(C)(C)C)n1. The number of halogens is 1. The van der Waals surface area contributed by atoms with E-state index in [0.717, 1.165) is 10.0 Å². The molecule has 5 nitrogen and oxygen atoms in total. The molecule has 21 heavy (non-hydrogen) atoms. The summed E-state index contributed by atoms with van der Waals surface area (Å²) >= 11 is 3.47. The second-order valence-corrected chi connectivity index (χ2v) is 6.64. The number of benzene rings is 1. The first kappa shape index (κ1) is 15.6. The number of carbonyl (C=O) groups excluding carboxylic acids is 1. The Balaban J connectivity index is 2.61. The summed E-state index contributed by atoms with van der Waals surface area (Å²) in [4.78, 5) is 11.4. The molecule has 6 heteroatoms. The molecule has 0 aliphatic heterocycles. The Hall–Kier alpha value is -1.82. The minimum Gasteiger partial charge on any atom is -0.487 e. The first-order valence-corrected chi connectivity index (χ1v) is 7.29. The zero-order valence-electron chi connectivity index (χ0n) is 12.5. The van der Waals surface area contributed by atoms with Gasteiger partial charge in [0.15, 0.2) is 0 Å². The van der Waals surface area contributed by atoms with E-state index in [-0.39, 0.29) is 5.60 Å². The Morgan fingerprint density at radius 2 is 2.05 bits per heavy atom. The van der Waals surface area contributed by atoms with E-state index in [0.29, 0.717) is 17.0 Å². The Morgan fingerprint density at radius 3 is 2.52 bits per heavy atom. The van der Waals surface area contributed by atoms with Crippen molar-refractivity contribution >= 4 is 21.8 Å². The normalized spacial score (nSPS) is 11.5. The topological polar surface area (TPSA) is 70.1 Å². The van der Waals surface area contributed by atoms with E-state index in [1.807, 2.05) is 34.0 Å². The van der Waals surface area contributed by atoms with Crippen LogP contribution in [0.4, 0.5) is 0 Å². The van der Waals surface area contributed by atoms with Crippen LogP contribution in [0.1, 0.15) is 31.1 Å². The van der Waals surface area contributed by atoms with Crippen molar-refractivity contribution in [2.45, 2.75) is 26.4 Å². The van der Waals surface area contributed by atoms with Crippen LogP contribution in [0.3, 0.4) is 0 Å². The molecule has 1 aromatic heterocycles. The van der Waals surface area contributed by atoms with Gasteiger partial charge in [0.25, 0.3) is 0 Å². The number of aromatic nitrogens is 2. The van der Waals surface area contributed by atoms with Crippen molar-refractivity contribution in [1.82, 2.24) is 9.78 Å². The van der Waals surface area contributed by atoms with Crippen molar-refractivity contribution in [2.75, 3.05) is 0 Å². The zero-order chi connectivity index (χ0) is 15.8. The Bertz CT molecular complexity index is 687. The molecule has 2 N–H and O–H groups in total. The zero-order valence-corrected chi connectivity index (χ0v) is 14.1. The van der Waals surface area contributed by atoms with Gasteiger partial charge < -0.3 is 10.5 Å². The lowest BCUT2D eigenvalue weighted by Crippen LogP contribution is -2.23. The lowest BCUT2D eigenvalue weighted by Gasteiger charge is -2.23. The number of aryl methyl sites for hydroxylation is 1. The molecule has 2 rings (SSSR count). The molecule has 0 aliphatic carbocycles. The molecule has 0 fully saturated rings. The highest BCUT2D eigenvalue weighted by molar-refractivity contribution is 9.10. The lowest BCUT2D eigenvalue weighted by atomic mass is 10.1. The smallest absolute Gasteiger partial charge is 0.248 e. The molecule has 1 amide bonds. The van der Waals surface area contributed by atoms with E-state index in [2.05, 4.69) is 21.0 Å². The van der Waals surface area contributed by atoms with Crippen LogP contribution in [0.2, 0.25) is 0 Å². The summed E-state index contributed by atoms with van der Waals surface area (Å²) in [5.74, 6) is 0.178. The maximum atomic E-state index is 11.4. The number of carbonyl (C=O) groups is 1. The molecule has 0 saturated carbocycles. The highest BCUT2D eigenvalue weighted by Gasteiger charge is 2.20. The quantitative estimate of drug-likeness (QED) is 0.923. The van der Waals surface area contributed by atoms with Crippen LogP contribution in [0.15, 0.2) is 28.9 Å². The third-order valence-electron chi connectivity index (χ3n) is 2.72. The van der Waals surface area contributed by atoms with Gasteiger partial charge in [-0.3, -0.25) is 9.48 Å². The number of hydrogen-bond donors (Lipinski definition) is 1. The van der Waals surface area contributed by atoms with Gasteiger partial charge in [-0.25, -0.2) is 0 Å². The number of nitrogens with two attached hydrogens (primary N) is 1. The van der Waals surface area contributed by atoms with Crippen LogP contribution in [0.5, 0.6) is 5.75 Å². The highest BCUT2D eigenvalue weighted by atomic mass is 79.9. The second kappa shape index (κ2) is 5.52. The lowest BCUT2D eigenvalue weighted by molar-refractivity contribution is 0.1000. The maximum Gasteiger partial charge on any atom is 0.248 e. The molecule has 112 valence electrons. The first-order chi connectivity index (χ1) is 9.67. The van der Waals surface area contributed by atoms with Gasteiger partial charge in [0, 0.05) is 24.4 Å². The summed E-state index contributed by atoms with van der Waals surface area (Å²) in [6, 6.07) is 5.11. The van der Waals surface area contributed by atoms with Gasteiger partial charge in [-0.2, -0.15) is 5.10 Å². The predicted molar refractivity (Wildman–Crippen MR) is 85.2 cm³/mol. The fourth-order valence-corrected chi connectivity index (χ4v) is 2.52. The average molecular weight is 352 g/mol. The summed E-state index contributed by atoms with van der Waals surface area (Å²) in [6.45, 7) is 5.89. The van der Waals surface area contributed by atoms with Gasteiger partial charge in [-0.15, -0.1) is 0 Å². The molecule has 0 bridgehead atoms. The third kappa shape index (κ3) is 3.64. The molecular weight excluding hydrogens is 334 g/mol. The first-order valence-electron chi connectivity index (χ1n) is 6.50. The maximum absolute atomic E-state index is 11.4. The van der Waals surface area contributed by atoms with E-state index in [1.165, 1.54) is 0 Å². The molecule has 0 saturated heterocycles. The van der Waals surface area contributed by atoms with Crippen LogP contribution in [-0.2, 0) is 7.05 Å². The Morgan fingerprint density at radius 1 is 1.38 bits per heavy atom. The van der Waals surface area contributed by atoms with Crippen LogP contribution >= 0.6 is 15.9 Å². The van der Waals surface area contributed by atoms with E-state index in [1.54, 1.807) is 22.9 Å². The monoisotopic (exact) mass is 351 g/mol. The van der Waals surface area contributed by atoms with Crippen molar-refractivity contribution in [2.24, 2.45) is 12.8 Å². The molecule has 0 aliphatic rings. The van der Waals surface area contributed by atoms with Crippen LogP contribution in [-0.4, -0.2) is 21.3 Å². The fraction of sp³-hybridized carbons (Fsp3) is 0.333. The van der Waals surface area contributed by atoms with Gasteiger partial charge >= 0.3 is 0 Å². The number of primary amides is 1. The summed E-state index contributed by atoms with van der Waals surface area (Å²) in [7, 11) is 1.83. The number of rotatable bonds is 3.